The van der Waals surface area contributed by atoms with Gasteiger partial charge in [0.15, 0.2) is 20.9 Å². The number of hydrogen-bond acceptors (Lipinski definition) is 7. The summed E-state index contributed by atoms with van der Waals surface area (Å²) in [5, 5.41) is 0.913. The zero-order chi connectivity index (χ0) is 27.5. The van der Waals surface area contributed by atoms with Crippen LogP contribution in [0.3, 0.4) is 0 Å². The molecule has 1 aliphatic heterocycles. The number of fused-ring (bicyclic) bond motifs is 1. The molecule has 2 atom stereocenters. The molecule has 0 spiro atoms. The van der Waals surface area contributed by atoms with Gasteiger partial charge in [0.25, 0.3) is 11.5 Å². The van der Waals surface area contributed by atoms with Gasteiger partial charge < -0.3 is 9.30 Å². The molecule has 0 bridgehead atoms. The standard InChI is InChI=1S/C27H29FN2O7S/c1-27(38(2,34)35,26(33)29-37-24-5-3-4-14-36-24)11-13-30-12-10-20-16-19(7-9-22(20)25(30)32)21-8-6-18(17-31)15-23(21)28/h6-10,12,15-17,24H,3-5,11,13-14H2,1-2H3,(H,29,33). The Kier molecular flexibility index (Phi) is 8.10. The van der Waals surface area contributed by atoms with Crippen LogP contribution in [-0.2, 0) is 30.8 Å². The molecule has 1 N–H and O–H groups in total. The minimum absolute atomic E-state index is 0.0464. The number of rotatable bonds is 9. The van der Waals surface area contributed by atoms with Crippen LogP contribution in [0.25, 0.3) is 21.9 Å². The van der Waals surface area contributed by atoms with Gasteiger partial charge in [-0.05, 0) is 61.4 Å². The lowest BCUT2D eigenvalue weighted by Crippen LogP contribution is -2.51. The van der Waals surface area contributed by atoms with Crippen LogP contribution < -0.4 is 11.0 Å². The molecular weight excluding hydrogens is 515 g/mol. The summed E-state index contributed by atoms with van der Waals surface area (Å²) in [6, 6.07) is 10.7. The molecule has 4 rings (SSSR count). The summed E-state index contributed by atoms with van der Waals surface area (Å²) < 4.78 is 44.6. The Morgan fingerprint density at radius 3 is 2.68 bits per heavy atom. The van der Waals surface area contributed by atoms with Gasteiger partial charge in [0.05, 0.1) is 0 Å². The Hall–Kier alpha value is -3.41. The van der Waals surface area contributed by atoms with Crippen LogP contribution >= 0.6 is 0 Å². The molecule has 0 radical (unpaired) electrons. The van der Waals surface area contributed by atoms with Crippen molar-refractivity contribution in [2.45, 2.75) is 50.2 Å². The van der Waals surface area contributed by atoms with Crippen molar-refractivity contribution in [3.63, 3.8) is 0 Å². The molecule has 1 fully saturated rings. The van der Waals surface area contributed by atoms with E-state index in [1.54, 1.807) is 24.3 Å². The lowest BCUT2D eigenvalue weighted by atomic mass is 10.0. The van der Waals surface area contributed by atoms with Gasteiger partial charge in [0, 0.05) is 48.5 Å². The molecule has 2 unspecified atom stereocenters. The third-order valence-corrected chi connectivity index (χ3v) is 8.99. The van der Waals surface area contributed by atoms with Crippen molar-refractivity contribution < 1.29 is 32.0 Å². The zero-order valence-electron chi connectivity index (χ0n) is 21.1. The molecule has 1 aliphatic rings. The molecule has 38 heavy (non-hydrogen) atoms. The van der Waals surface area contributed by atoms with Crippen molar-refractivity contribution in [1.82, 2.24) is 10.0 Å². The van der Waals surface area contributed by atoms with Gasteiger partial charge in [0.1, 0.15) is 12.1 Å². The van der Waals surface area contributed by atoms with Crippen LogP contribution in [-0.4, -0.2) is 49.1 Å². The number of hydrogen-bond donors (Lipinski definition) is 1. The van der Waals surface area contributed by atoms with Crippen molar-refractivity contribution in [2.75, 3.05) is 12.9 Å². The van der Waals surface area contributed by atoms with E-state index in [0.717, 1.165) is 25.2 Å². The summed E-state index contributed by atoms with van der Waals surface area (Å²) in [6.07, 6.45) is 4.57. The molecular formula is C27H29FN2O7S. The number of nitrogens with zero attached hydrogens (tertiary/aromatic N) is 1. The molecule has 11 heteroatoms. The van der Waals surface area contributed by atoms with Crippen molar-refractivity contribution in [1.29, 1.82) is 0 Å². The highest BCUT2D eigenvalue weighted by Gasteiger charge is 2.44. The van der Waals surface area contributed by atoms with Crippen LogP contribution in [0, 0.1) is 5.82 Å². The van der Waals surface area contributed by atoms with E-state index in [0.29, 0.717) is 35.6 Å². The van der Waals surface area contributed by atoms with Gasteiger partial charge >= 0.3 is 0 Å². The first-order valence-corrected chi connectivity index (χ1v) is 14.1. The minimum atomic E-state index is -3.89. The molecule has 0 aliphatic carbocycles. The Morgan fingerprint density at radius 2 is 2.03 bits per heavy atom. The van der Waals surface area contributed by atoms with Gasteiger partial charge in [0.2, 0.25) is 0 Å². The maximum Gasteiger partial charge on any atom is 0.264 e. The largest absolute Gasteiger partial charge is 0.350 e. The number of sulfone groups is 1. The topological polar surface area (TPSA) is 121 Å². The van der Waals surface area contributed by atoms with E-state index in [2.05, 4.69) is 5.48 Å². The molecule has 9 nitrogen and oxygen atoms in total. The first-order valence-electron chi connectivity index (χ1n) is 12.2. The molecule has 0 saturated carbocycles. The number of nitrogens with one attached hydrogen (secondary N) is 1. The smallest absolute Gasteiger partial charge is 0.264 e. The van der Waals surface area contributed by atoms with Crippen LogP contribution in [0.15, 0.2) is 53.5 Å². The number of amides is 1. The minimum Gasteiger partial charge on any atom is -0.350 e. The van der Waals surface area contributed by atoms with E-state index < -0.39 is 32.6 Å². The first-order chi connectivity index (χ1) is 18.0. The molecule has 3 aromatic rings. The third-order valence-electron chi connectivity index (χ3n) is 6.97. The van der Waals surface area contributed by atoms with Gasteiger partial charge in [-0.2, -0.15) is 0 Å². The number of pyridine rings is 1. The predicted octanol–water partition coefficient (Wildman–Crippen LogP) is 3.39. The van der Waals surface area contributed by atoms with Crippen LogP contribution in [0.5, 0.6) is 0 Å². The van der Waals surface area contributed by atoms with Crippen molar-refractivity contribution in [3.8, 4) is 11.1 Å². The molecule has 1 saturated heterocycles. The predicted molar refractivity (Wildman–Crippen MR) is 140 cm³/mol. The maximum absolute atomic E-state index is 14.5. The number of halogens is 1. The van der Waals surface area contributed by atoms with E-state index in [9.17, 15) is 27.2 Å². The monoisotopic (exact) mass is 544 g/mol. The Bertz CT molecular complexity index is 1530. The third kappa shape index (κ3) is 5.69. The zero-order valence-corrected chi connectivity index (χ0v) is 21.9. The number of aryl methyl sites for hydroxylation is 1. The van der Waals surface area contributed by atoms with Crippen molar-refractivity contribution in [2.24, 2.45) is 0 Å². The van der Waals surface area contributed by atoms with Gasteiger partial charge in [-0.25, -0.2) is 23.1 Å². The number of carbonyl (C=O) groups excluding carboxylic acids is 2. The average molecular weight is 545 g/mol. The Balaban J connectivity index is 1.54. The van der Waals surface area contributed by atoms with Gasteiger partial charge in [-0.3, -0.25) is 14.4 Å². The van der Waals surface area contributed by atoms with Gasteiger partial charge in [-0.15, -0.1) is 0 Å². The number of benzene rings is 2. The van der Waals surface area contributed by atoms with E-state index in [-0.39, 0.29) is 29.7 Å². The Morgan fingerprint density at radius 1 is 1.24 bits per heavy atom. The average Bonchev–Trinajstić information content (AvgIpc) is 2.90. The van der Waals surface area contributed by atoms with Crippen molar-refractivity contribution >= 4 is 32.8 Å². The number of ether oxygens (including phenoxy) is 1. The number of aromatic nitrogens is 1. The van der Waals surface area contributed by atoms with E-state index in [1.165, 1.54) is 29.8 Å². The highest BCUT2D eigenvalue weighted by Crippen LogP contribution is 2.27. The number of hydroxylamine groups is 1. The molecule has 2 heterocycles. The van der Waals surface area contributed by atoms with E-state index in [4.69, 9.17) is 9.57 Å². The van der Waals surface area contributed by atoms with Crippen molar-refractivity contribution in [3.05, 3.63) is 70.4 Å². The normalized spacial score (nSPS) is 17.6. The lowest BCUT2D eigenvalue weighted by Gasteiger charge is -2.28. The summed E-state index contributed by atoms with van der Waals surface area (Å²) in [5.74, 6) is -1.39. The summed E-state index contributed by atoms with van der Waals surface area (Å²) in [6.45, 7) is 1.75. The fourth-order valence-corrected chi connectivity index (χ4v) is 5.14. The maximum atomic E-state index is 14.5. The summed E-state index contributed by atoms with van der Waals surface area (Å²) in [7, 11) is -3.89. The number of aldehydes is 1. The molecule has 202 valence electrons. The fourth-order valence-electron chi connectivity index (χ4n) is 4.30. The van der Waals surface area contributed by atoms with E-state index in [1.807, 2.05) is 0 Å². The van der Waals surface area contributed by atoms with Crippen LogP contribution in [0.4, 0.5) is 4.39 Å². The Labute approximate surface area is 219 Å². The second kappa shape index (κ2) is 11.1. The van der Waals surface area contributed by atoms with Crippen LogP contribution in [0.2, 0.25) is 0 Å². The highest BCUT2D eigenvalue weighted by atomic mass is 32.2. The molecule has 2 aromatic carbocycles. The fraction of sp³-hybridized carbons (Fsp3) is 0.370. The number of carbonyl (C=O) groups is 2. The van der Waals surface area contributed by atoms with Gasteiger partial charge in [-0.1, -0.05) is 18.2 Å². The second-order valence-corrected chi connectivity index (χ2v) is 12.0. The summed E-state index contributed by atoms with van der Waals surface area (Å²) in [4.78, 5) is 42.2. The second-order valence-electron chi connectivity index (χ2n) is 9.57. The SMILES string of the molecule is CC(CCn1ccc2cc(-c3ccc(C=O)cc3F)ccc2c1=O)(C(=O)NOC1CCCCO1)S(C)(=O)=O. The van der Waals surface area contributed by atoms with E-state index >= 15 is 0 Å². The quantitative estimate of drug-likeness (QED) is 0.324. The summed E-state index contributed by atoms with van der Waals surface area (Å²) in [5.41, 5.74) is 2.90. The lowest BCUT2D eigenvalue weighted by molar-refractivity contribution is -0.201. The molecule has 1 amide bonds. The molecule has 1 aromatic heterocycles. The first kappa shape index (κ1) is 27.6. The summed E-state index contributed by atoms with van der Waals surface area (Å²) >= 11 is 0. The highest BCUT2D eigenvalue weighted by molar-refractivity contribution is 7.92. The van der Waals surface area contributed by atoms with Crippen LogP contribution in [0.1, 0.15) is 43.0 Å².